The van der Waals surface area contributed by atoms with Gasteiger partial charge in [0.25, 0.3) is 0 Å². The van der Waals surface area contributed by atoms with Gasteiger partial charge in [-0.3, -0.25) is 0 Å². The Hall–Kier alpha value is -1.95. The molecule has 0 saturated heterocycles. The topological polar surface area (TPSA) is 68.8 Å². The average Bonchev–Trinajstić information content (AvgIpc) is 2.46. The summed E-state index contributed by atoms with van der Waals surface area (Å²) < 4.78 is 16.1. The van der Waals surface area contributed by atoms with Crippen LogP contribution in [-0.2, 0) is 11.3 Å². The van der Waals surface area contributed by atoms with Crippen molar-refractivity contribution in [3.05, 3.63) is 23.8 Å². The SMILES string of the molecule is CCOc1ccc(CNCC(C)NC(=O)OC(C)(C)C)cc1OC. The molecule has 1 unspecified atom stereocenters. The quantitative estimate of drug-likeness (QED) is 0.762. The van der Waals surface area contributed by atoms with Crippen molar-refractivity contribution < 1.29 is 19.0 Å². The van der Waals surface area contributed by atoms with Crippen molar-refractivity contribution in [2.24, 2.45) is 0 Å². The molecule has 0 spiro atoms. The Morgan fingerprint density at radius 3 is 2.54 bits per heavy atom. The van der Waals surface area contributed by atoms with Crippen molar-refractivity contribution in [2.45, 2.75) is 52.8 Å². The highest BCUT2D eigenvalue weighted by Crippen LogP contribution is 2.27. The van der Waals surface area contributed by atoms with Crippen LogP contribution in [0.15, 0.2) is 18.2 Å². The van der Waals surface area contributed by atoms with E-state index in [0.29, 0.717) is 19.7 Å². The highest BCUT2D eigenvalue weighted by Gasteiger charge is 2.17. The van der Waals surface area contributed by atoms with Crippen LogP contribution in [0.4, 0.5) is 4.79 Å². The van der Waals surface area contributed by atoms with E-state index in [1.54, 1.807) is 7.11 Å². The number of ether oxygens (including phenoxy) is 3. The average molecular weight is 338 g/mol. The largest absolute Gasteiger partial charge is 0.493 e. The van der Waals surface area contributed by atoms with E-state index < -0.39 is 11.7 Å². The zero-order valence-electron chi connectivity index (χ0n) is 15.6. The van der Waals surface area contributed by atoms with Gasteiger partial charge in [-0.15, -0.1) is 0 Å². The van der Waals surface area contributed by atoms with Crippen LogP contribution in [-0.4, -0.2) is 38.0 Å². The van der Waals surface area contributed by atoms with E-state index in [9.17, 15) is 4.79 Å². The van der Waals surface area contributed by atoms with Gasteiger partial charge in [-0.2, -0.15) is 0 Å². The Kier molecular flexibility index (Phi) is 7.85. The van der Waals surface area contributed by atoms with Gasteiger partial charge in [0, 0.05) is 19.1 Å². The summed E-state index contributed by atoms with van der Waals surface area (Å²) in [7, 11) is 1.63. The van der Waals surface area contributed by atoms with Crippen LogP contribution in [0.25, 0.3) is 0 Å². The Morgan fingerprint density at radius 1 is 1.25 bits per heavy atom. The Bertz CT molecular complexity index is 526. The molecule has 24 heavy (non-hydrogen) atoms. The van der Waals surface area contributed by atoms with Crippen LogP contribution in [0.1, 0.15) is 40.2 Å². The third-order valence-electron chi connectivity index (χ3n) is 3.07. The molecule has 0 aliphatic heterocycles. The maximum absolute atomic E-state index is 11.7. The van der Waals surface area contributed by atoms with Gasteiger partial charge in [-0.1, -0.05) is 6.07 Å². The fraction of sp³-hybridized carbons (Fsp3) is 0.611. The molecule has 6 nitrogen and oxygen atoms in total. The van der Waals surface area contributed by atoms with Gasteiger partial charge in [0.05, 0.1) is 13.7 Å². The second-order valence-electron chi connectivity index (χ2n) is 6.60. The normalized spacial score (nSPS) is 12.4. The molecule has 0 fully saturated rings. The summed E-state index contributed by atoms with van der Waals surface area (Å²) in [5.41, 5.74) is 0.593. The van der Waals surface area contributed by atoms with E-state index in [1.165, 1.54) is 0 Å². The molecule has 2 N–H and O–H groups in total. The van der Waals surface area contributed by atoms with Crippen LogP contribution >= 0.6 is 0 Å². The van der Waals surface area contributed by atoms with Crippen molar-refractivity contribution in [3.8, 4) is 11.5 Å². The van der Waals surface area contributed by atoms with E-state index in [-0.39, 0.29) is 6.04 Å². The highest BCUT2D eigenvalue weighted by atomic mass is 16.6. The predicted molar refractivity (Wildman–Crippen MR) is 94.7 cm³/mol. The summed E-state index contributed by atoms with van der Waals surface area (Å²) in [6.07, 6.45) is -0.403. The lowest BCUT2D eigenvalue weighted by Gasteiger charge is -2.22. The first-order chi connectivity index (χ1) is 11.2. The van der Waals surface area contributed by atoms with Crippen molar-refractivity contribution in [1.29, 1.82) is 0 Å². The van der Waals surface area contributed by atoms with Crippen LogP contribution in [0.5, 0.6) is 11.5 Å². The van der Waals surface area contributed by atoms with Crippen LogP contribution in [0, 0.1) is 0 Å². The van der Waals surface area contributed by atoms with E-state index in [1.807, 2.05) is 52.8 Å². The van der Waals surface area contributed by atoms with Crippen molar-refractivity contribution in [3.63, 3.8) is 0 Å². The molecule has 1 rings (SSSR count). The minimum Gasteiger partial charge on any atom is -0.493 e. The van der Waals surface area contributed by atoms with E-state index in [4.69, 9.17) is 14.2 Å². The second kappa shape index (κ2) is 9.37. The molecule has 0 aliphatic rings. The van der Waals surface area contributed by atoms with Crippen molar-refractivity contribution in [1.82, 2.24) is 10.6 Å². The fourth-order valence-electron chi connectivity index (χ4n) is 2.09. The number of alkyl carbamates (subject to hydrolysis) is 1. The van der Waals surface area contributed by atoms with Crippen molar-refractivity contribution in [2.75, 3.05) is 20.3 Å². The predicted octanol–water partition coefficient (Wildman–Crippen LogP) is 3.10. The van der Waals surface area contributed by atoms with E-state index >= 15 is 0 Å². The maximum atomic E-state index is 11.7. The summed E-state index contributed by atoms with van der Waals surface area (Å²) in [4.78, 5) is 11.7. The van der Waals surface area contributed by atoms with Gasteiger partial charge < -0.3 is 24.8 Å². The number of carbonyl (C=O) groups excluding carboxylic acids is 1. The standard InChI is InChI=1S/C18H30N2O4/c1-7-23-15-9-8-14(10-16(15)22-6)12-19-11-13(2)20-17(21)24-18(3,4)5/h8-10,13,19H,7,11-12H2,1-6H3,(H,20,21). The Morgan fingerprint density at radius 2 is 1.96 bits per heavy atom. The molecular formula is C18H30N2O4. The second-order valence-corrected chi connectivity index (χ2v) is 6.60. The first kappa shape index (κ1) is 20.1. The molecule has 0 heterocycles. The zero-order chi connectivity index (χ0) is 18.2. The lowest BCUT2D eigenvalue weighted by molar-refractivity contribution is 0.0508. The Labute approximate surface area is 144 Å². The summed E-state index contributed by atoms with van der Waals surface area (Å²) >= 11 is 0. The van der Waals surface area contributed by atoms with Gasteiger partial charge in [0.1, 0.15) is 5.60 Å². The molecule has 0 aromatic heterocycles. The summed E-state index contributed by atoms with van der Waals surface area (Å²) in [6, 6.07) is 5.81. The van der Waals surface area contributed by atoms with Gasteiger partial charge in [-0.25, -0.2) is 4.79 Å². The molecule has 1 aromatic carbocycles. The first-order valence-electron chi connectivity index (χ1n) is 8.25. The molecule has 1 amide bonds. The smallest absolute Gasteiger partial charge is 0.407 e. The number of carbonyl (C=O) groups is 1. The molecule has 1 atom stereocenters. The third kappa shape index (κ3) is 7.55. The lowest BCUT2D eigenvalue weighted by Crippen LogP contribution is -2.42. The number of rotatable bonds is 8. The first-order valence-corrected chi connectivity index (χ1v) is 8.25. The maximum Gasteiger partial charge on any atom is 0.407 e. The van der Waals surface area contributed by atoms with Gasteiger partial charge in [0.2, 0.25) is 0 Å². The number of amides is 1. The lowest BCUT2D eigenvalue weighted by atomic mass is 10.2. The molecular weight excluding hydrogens is 308 g/mol. The van der Waals surface area contributed by atoms with Gasteiger partial charge in [0.15, 0.2) is 11.5 Å². The van der Waals surface area contributed by atoms with Crippen molar-refractivity contribution >= 4 is 6.09 Å². The molecule has 0 saturated carbocycles. The highest BCUT2D eigenvalue weighted by molar-refractivity contribution is 5.68. The number of hydrogen-bond acceptors (Lipinski definition) is 5. The molecule has 0 bridgehead atoms. The van der Waals surface area contributed by atoms with E-state index in [2.05, 4.69) is 10.6 Å². The number of benzene rings is 1. The third-order valence-corrected chi connectivity index (χ3v) is 3.07. The van der Waals surface area contributed by atoms with Gasteiger partial charge >= 0.3 is 6.09 Å². The molecule has 0 radical (unpaired) electrons. The van der Waals surface area contributed by atoms with Crippen LogP contribution in [0.2, 0.25) is 0 Å². The van der Waals surface area contributed by atoms with Crippen LogP contribution < -0.4 is 20.1 Å². The summed E-state index contributed by atoms with van der Waals surface area (Å²) in [5.74, 6) is 1.46. The molecule has 6 heteroatoms. The molecule has 0 aliphatic carbocycles. The number of methoxy groups -OCH3 is 1. The van der Waals surface area contributed by atoms with E-state index in [0.717, 1.165) is 17.1 Å². The zero-order valence-corrected chi connectivity index (χ0v) is 15.6. The van der Waals surface area contributed by atoms with Crippen LogP contribution in [0.3, 0.4) is 0 Å². The van der Waals surface area contributed by atoms with Gasteiger partial charge in [-0.05, 0) is 52.3 Å². The minimum absolute atomic E-state index is 0.0376. The summed E-state index contributed by atoms with van der Waals surface area (Å²) in [6.45, 7) is 11.3. The summed E-state index contributed by atoms with van der Waals surface area (Å²) in [5, 5.41) is 6.11. The molecule has 136 valence electrons. The fourth-order valence-corrected chi connectivity index (χ4v) is 2.09. The monoisotopic (exact) mass is 338 g/mol. The number of nitrogens with one attached hydrogen (secondary N) is 2. The molecule has 1 aromatic rings. The Balaban J connectivity index is 2.42. The number of hydrogen-bond donors (Lipinski definition) is 2. The minimum atomic E-state index is -0.490.